The standard InChI is InChI=1S/C27H31N3O7/c1-36-24(31)12-11-21(25(28)32)30-15-20-19(26(30)33)4-2-6-23(20)37-16-18-9-7-17(8-10-18)14-29-13-3-5-22(29)27(34)35/h2,4,6-10,21-22H,3,5,11-16H2,1H3,(H2,28,32)(H,34,35). The molecule has 0 bridgehead atoms. The molecule has 2 aromatic rings. The van der Waals surface area contributed by atoms with Crippen LogP contribution in [0.1, 0.15) is 52.7 Å². The van der Waals surface area contributed by atoms with Gasteiger partial charge in [0.05, 0.1) is 13.7 Å². The molecule has 4 rings (SSSR count). The third kappa shape index (κ3) is 5.91. The quantitative estimate of drug-likeness (QED) is 0.439. The number of ether oxygens (including phenoxy) is 2. The molecule has 0 spiro atoms. The first-order valence-electron chi connectivity index (χ1n) is 12.2. The van der Waals surface area contributed by atoms with Crippen molar-refractivity contribution in [3.05, 3.63) is 64.7 Å². The number of carboxylic acid groups (broad SMARTS) is 1. The van der Waals surface area contributed by atoms with Crippen LogP contribution >= 0.6 is 0 Å². The number of benzene rings is 2. The minimum Gasteiger partial charge on any atom is -0.489 e. The minimum atomic E-state index is -0.935. The van der Waals surface area contributed by atoms with Crippen molar-refractivity contribution < 1.29 is 33.8 Å². The SMILES string of the molecule is COC(=O)CCC(C(N)=O)N1Cc2c(OCc3ccc(CN4CCCC4C(=O)O)cc3)cccc2C1=O. The number of hydrogen-bond acceptors (Lipinski definition) is 7. The first-order valence-corrected chi connectivity index (χ1v) is 12.2. The van der Waals surface area contributed by atoms with E-state index in [1.807, 2.05) is 29.2 Å². The van der Waals surface area contributed by atoms with E-state index < -0.39 is 29.9 Å². The number of carbonyl (C=O) groups excluding carboxylic acids is 3. The van der Waals surface area contributed by atoms with E-state index in [1.54, 1.807) is 18.2 Å². The molecule has 10 nitrogen and oxygen atoms in total. The Kier molecular flexibility index (Phi) is 8.08. The highest BCUT2D eigenvalue weighted by Crippen LogP contribution is 2.33. The summed E-state index contributed by atoms with van der Waals surface area (Å²) in [6.07, 6.45) is 1.61. The number of aliphatic carboxylic acids is 1. The Morgan fingerprint density at radius 2 is 1.86 bits per heavy atom. The molecule has 0 saturated carbocycles. The predicted molar refractivity (Wildman–Crippen MR) is 132 cm³/mol. The van der Waals surface area contributed by atoms with Crippen LogP contribution in [0.15, 0.2) is 42.5 Å². The number of carboxylic acids is 1. The molecule has 0 radical (unpaired) electrons. The second-order valence-corrected chi connectivity index (χ2v) is 9.32. The predicted octanol–water partition coefficient (Wildman–Crippen LogP) is 2.08. The summed E-state index contributed by atoms with van der Waals surface area (Å²) in [5.41, 5.74) is 8.61. The maximum Gasteiger partial charge on any atom is 0.320 e. The minimum absolute atomic E-state index is 0.0295. The van der Waals surface area contributed by atoms with E-state index in [4.69, 9.17) is 10.5 Å². The molecular weight excluding hydrogens is 478 g/mol. The number of nitrogens with two attached hydrogens (primary N) is 1. The summed E-state index contributed by atoms with van der Waals surface area (Å²) in [5, 5.41) is 9.38. The fraction of sp³-hybridized carbons (Fsp3) is 0.407. The van der Waals surface area contributed by atoms with Crippen molar-refractivity contribution in [2.24, 2.45) is 5.73 Å². The first-order chi connectivity index (χ1) is 17.8. The molecule has 2 amide bonds. The van der Waals surface area contributed by atoms with Crippen LogP contribution in [0.2, 0.25) is 0 Å². The number of hydrogen-bond donors (Lipinski definition) is 2. The Morgan fingerprint density at radius 3 is 2.54 bits per heavy atom. The van der Waals surface area contributed by atoms with Crippen molar-refractivity contribution in [3.63, 3.8) is 0 Å². The summed E-state index contributed by atoms with van der Waals surface area (Å²) >= 11 is 0. The number of methoxy groups -OCH3 is 1. The molecule has 0 aliphatic carbocycles. The van der Waals surface area contributed by atoms with Gasteiger partial charge in [-0.3, -0.25) is 24.1 Å². The maximum atomic E-state index is 13.0. The lowest BCUT2D eigenvalue weighted by molar-refractivity contribution is -0.142. The summed E-state index contributed by atoms with van der Waals surface area (Å²) in [5.74, 6) is -1.74. The number of fused-ring (bicyclic) bond motifs is 1. The number of likely N-dealkylation sites (tertiary alicyclic amines) is 1. The molecule has 2 aliphatic heterocycles. The van der Waals surface area contributed by atoms with Crippen molar-refractivity contribution in [2.45, 2.75) is 57.5 Å². The zero-order valence-corrected chi connectivity index (χ0v) is 20.7. The molecule has 196 valence electrons. The zero-order chi connectivity index (χ0) is 26.5. The molecule has 2 heterocycles. The Balaban J connectivity index is 1.40. The third-order valence-electron chi connectivity index (χ3n) is 6.96. The van der Waals surface area contributed by atoms with E-state index in [1.165, 1.54) is 12.0 Å². The Hall–Kier alpha value is -3.92. The summed E-state index contributed by atoms with van der Waals surface area (Å²) in [7, 11) is 1.26. The van der Waals surface area contributed by atoms with Crippen molar-refractivity contribution in [1.82, 2.24) is 9.80 Å². The van der Waals surface area contributed by atoms with Gasteiger partial charge in [0.2, 0.25) is 5.91 Å². The number of primary amides is 1. The van der Waals surface area contributed by atoms with E-state index in [0.29, 0.717) is 29.8 Å². The monoisotopic (exact) mass is 509 g/mol. The average molecular weight is 510 g/mol. The molecule has 10 heteroatoms. The molecule has 2 unspecified atom stereocenters. The van der Waals surface area contributed by atoms with Crippen LogP contribution in [-0.4, -0.2) is 64.4 Å². The van der Waals surface area contributed by atoms with Crippen molar-refractivity contribution in [1.29, 1.82) is 0 Å². The van der Waals surface area contributed by atoms with Gasteiger partial charge < -0.3 is 25.2 Å². The Bertz CT molecular complexity index is 1180. The summed E-state index contributed by atoms with van der Waals surface area (Å²) in [4.78, 5) is 51.4. The third-order valence-corrected chi connectivity index (χ3v) is 6.96. The van der Waals surface area contributed by atoms with Gasteiger partial charge in [0, 0.05) is 24.1 Å². The van der Waals surface area contributed by atoms with Gasteiger partial charge >= 0.3 is 11.9 Å². The van der Waals surface area contributed by atoms with Gasteiger partial charge in [0.1, 0.15) is 24.4 Å². The Labute approximate surface area is 214 Å². The molecule has 0 aromatic heterocycles. The van der Waals surface area contributed by atoms with E-state index >= 15 is 0 Å². The van der Waals surface area contributed by atoms with Gasteiger partial charge in [0.15, 0.2) is 0 Å². The number of nitrogens with zero attached hydrogens (tertiary/aromatic N) is 2. The molecular formula is C27H31N3O7. The van der Waals surface area contributed by atoms with Crippen LogP contribution in [0.3, 0.4) is 0 Å². The zero-order valence-electron chi connectivity index (χ0n) is 20.7. The first kappa shape index (κ1) is 26.2. The second kappa shape index (κ2) is 11.4. The fourth-order valence-electron chi connectivity index (χ4n) is 4.95. The van der Waals surface area contributed by atoms with E-state index in [-0.39, 0.29) is 31.9 Å². The lowest BCUT2D eigenvalue weighted by atomic mass is 10.1. The van der Waals surface area contributed by atoms with Crippen LogP contribution in [0, 0.1) is 0 Å². The highest BCUT2D eigenvalue weighted by molar-refractivity contribution is 6.01. The van der Waals surface area contributed by atoms with Gasteiger partial charge in [-0.1, -0.05) is 30.3 Å². The highest BCUT2D eigenvalue weighted by atomic mass is 16.5. The molecule has 1 saturated heterocycles. The Morgan fingerprint density at radius 1 is 1.14 bits per heavy atom. The van der Waals surface area contributed by atoms with Gasteiger partial charge in [-0.05, 0) is 49.1 Å². The lowest BCUT2D eigenvalue weighted by Gasteiger charge is -2.24. The van der Waals surface area contributed by atoms with Crippen LogP contribution < -0.4 is 10.5 Å². The van der Waals surface area contributed by atoms with Crippen molar-refractivity contribution in [3.8, 4) is 5.75 Å². The largest absolute Gasteiger partial charge is 0.489 e. The van der Waals surface area contributed by atoms with Crippen molar-refractivity contribution >= 4 is 23.8 Å². The van der Waals surface area contributed by atoms with Crippen LogP contribution in [0.25, 0.3) is 0 Å². The number of amides is 2. The molecule has 3 N–H and O–H groups in total. The fourth-order valence-corrected chi connectivity index (χ4v) is 4.95. The number of rotatable bonds is 11. The van der Waals surface area contributed by atoms with Crippen molar-refractivity contribution in [2.75, 3.05) is 13.7 Å². The molecule has 2 aromatic carbocycles. The summed E-state index contributed by atoms with van der Waals surface area (Å²) < 4.78 is 10.7. The average Bonchev–Trinajstić information content (AvgIpc) is 3.48. The van der Waals surface area contributed by atoms with E-state index in [2.05, 4.69) is 4.74 Å². The van der Waals surface area contributed by atoms with Crippen LogP contribution in [0.4, 0.5) is 0 Å². The van der Waals surface area contributed by atoms with E-state index in [0.717, 1.165) is 24.1 Å². The van der Waals surface area contributed by atoms with E-state index in [9.17, 15) is 24.3 Å². The molecule has 2 atom stereocenters. The number of carbonyl (C=O) groups is 4. The second-order valence-electron chi connectivity index (χ2n) is 9.32. The highest BCUT2D eigenvalue weighted by Gasteiger charge is 2.37. The maximum absolute atomic E-state index is 13.0. The van der Waals surface area contributed by atoms with Crippen LogP contribution in [0.5, 0.6) is 5.75 Å². The molecule has 37 heavy (non-hydrogen) atoms. The molecule has 2 aliphatic rings. The topological polar surface area (TPSA) is 139 Å². The van der Waals surface area contributed by atoms with Crippen LogP contribution in [-0.2, 0) is 38.8 Å². The normalized spacial score (nSPS) is 17.9. The van der Waals surface area contributed by atoms with Gasteiger partial charge in [-0.25, -0.2) is 0 Å². The number of esters is 1. The van der Waals surface area contributed by atoms with Gasteiger partial charge in [0.25, 0.3) is 5.91 Å². The summed E-state index contributed by atoms with van der Waals surface area (Å²) in [6, 6.07) is 11.6. The summed E-state index contributed by atoms with van der Waals surface area (Å²) in [6.45, 7) is 1.78. The molecule has 1 fully saturated rings. The van der Waals surface area contributed by atoms with Gasteiger partial charge in [-0.15, -0.1) is 0 Å². The lowest BCUT2D eigenvalue weighted by Crippen LogP contribution is -2.45. The van der Waals surface area contributed by atoms with Gasteiger partial charge in [-0.2, -0.15) is 0 Å². The smallest absolute Gasteiger partial charge is 0.320 e.